The van der Waals surface area contributed by atoms with Crippen LogP contribution < -0.4 is 5.32 Å². The number of benzene rings is 2. The monoisotopic (exact) mass is 598 g/mol. The number of aromatic nitrogens is 1. The van der Waals surface area contributed by atoms with Crippen LogP contribution in [0.1, 0.15) is 41.6 Å². The average molecular weight is 599 g/mol. The number of carbonyl (C=O) groups is 2. The van der Waals surface area contributed by atoms with Crippen LogP contribution in [-0.2, 0) is 27.7 Å². The van der Waals surface area contributed by atoms with Crippen LogP contribution in [0.4, 0.5) is 9.80 Å². The summed E-state index contributed by atoms with van der Waals surface area (Å²) in [6.45, 7) is 6.58. The maximum atomic E-state index is 13.4. The molecule has 1 N–H and O–H groups in total. The second-order valence-corrected chi connectivity index (χ2v) is 13.8. The third-order valence-electron chi connectivity index (χ3n) is 6.84. The van der Waals surface area contributed by atoms with Gasteiger partial charge in [0.2, 0.25) is 10.0 Å². The van der Waals surface area contributed by atoms with Gasteiger partial charge < -0.3 is 15.0 Å². The van der Waals surface area contributed by atoms with E-state index in [1.165, 1.54) is 47.0 Å². The number of nitrogens with zero attached hydrogens (tertiary/aromatic N) is 3. The molecule has 0 bridgehead atoms. The van der Waals surface area contributed by atoms with Gasteiger partial charge in [-0.2, -0.15) is 4.31 Å². The zero-order valence-corrected chi connectivity index (χ0v) is 25.1. The van der Waals surface area contributed by atoms with E-state index in [9.17, 15) is 18.0 Å². The molecule has 9 nitrogen and oxygen atoms in total. The third-order valence-corrected chi connectivity index (χ3v) is 11.1. The first kappa shape index (κ1) is 28.2. The van der Waals surface area contributed by atoms with E-state index >= 15 is 0 Å². The van der Waals surface area contributed by atoms with Gasteiger partial charge >= 0.3 is 6.09 Å². The Balaban J connectivity index is 1.48. The Morgan fingerprint density at radius 3 is 2.52 bits per heavy atom. The summed E-state index contributed by atoms with van der Waals surface area (Å²) in [6.07, 6.45) is 0.258. The molecular formula is C28H30N4O5S3. The van der Waals surface area contributed by atoms with Crippen molar-refractivity contribution in [3.05, 3.63) is 64.5 Å². The van der Waals surface area contributed by atoms with Gasteiger partial charge in [0.15, 0.2) is 0 Å². The second-order valence-electron chi connectivity index (χ2n) is 9.66. The predicted molar refractivity (Wildman–Crippen MR) is 159 cm³/mol. The van der Waals surface area contributed by atoms with E-state index in [1.54, 1.807) is 37.0 Å². The van der Waals surface area contributed by atoms with Crippen LogP contribution in [0.5, 0.6) is 0 Å². The minimum atomic E-state index is -3.66. The summed E-state index contributed by atoms with van der Waals surface area (Å²) in [5.41, 5.74) is 3.15. The molecule has 210 valence electrons. The average Bonchev–Trinajstić information content (AvgIpc) is 3.52. The number of ether oxygens (including phenoxy) is 1. The van der Waals surface area contributed by atoms with Gasteiger partial charge in [0.25, 0.3) is 5.91 Å². The number of anilines is 1. The van der Waals surface area contributed by atoms with Gasteiger partial charge in [0, 0.05) is 35.6 Å². The molecule has 3 heterocycles. The topological polar surface area (TPSA) is 109 Å². The maximum Gasteiger partial charge on any atom is 0.410 e. The molecule has 40 heavy (non-hydrogen) atoms. The van der Waals surface area contributed by atoms with E-state index in [0.717, 1.165) is 31.2 Å². The van der Waals surface area contributed by atoms with Crippen molar-refractivity contribution in [2.24, 2.45) is 0 Å². The second kappa shape index (κ2) is 11.3. The molecule has 12 heteroatoms. The predicted octanol–water partition coefficient (Wildman–Crippen LogP) is 5.82. The Kier molecular flexibility index (Phi) is 7.96. The van der Waals surface area contributed by atoms with Crippen LogP contribution >= 0.6 is 22.7 Å². The van der Waals surface area contributed by atoms with Crippen LogP contribution in [0.2, 0.25) is 0 Å². The largest absolute Gasteiger partial charge is 0.450 e. The molecule has 0 aliphatic carbocycles. The van der Waals surface area contributed by atoms with Crippen LogP contribution in [0.3, 0.4) is 0 Å². The van der Waals surface area contributed by atoms with Crippen molar-refractivity contribution in [3.8, 4) is 10.6 Å². The first-order valence-corrected chi connectivity index (χ1v) is 16.0. The molecule has 4 aromatic rings. The van der Waals surface area contributed by atoms with Gasteiger partial charge in [-0.15, -0.1) is 22.7 Å². The van der Waals surface area contributed by atoms with Crippen LogP contribution in [0.15, 0.2) is 53.4 Å². The number of amides is 2. The number of nitrogens with one attached hydrogen (secondary N) is 1. The fourth-order valence-electron chi connectivity index (χ4n) is 4.46. The van der Waals surface area contributed by atoms with Crippen molar-refractivity contribution in [1.82, 2.24) is 14.2 Å². The number of thiazole rings is 1. The molecule has 1 aliphatic rings. The van der Waals surface area contributed by atoms with E-state index in [0.29, 0.717) is 36.7 Å². The summed E-state index contributed by atoms with van der Waals surface area (Å²) >= 11 is 2.98. The van der Waals surface area contributed by atoms with Crippen molar-refractivity contribution < 1.29 is 22.7 Å². The first-order valence-electron chi connectivity index (χ1n) is 12.9. The number of sulfonamides is 1. The summed E-state index contributed by atoms with van der Waals surface area (Å²) in [7, 11) is -2.13. The normalized spacial score (nSPS) is 13.6. The molecule has 2 aromatic carbocycles. The highest BCUT2D eigenvalue weighted by molar-refractivity contribution is 7.89. The Labute approximate surface area is 241 Å². The molecule has 0 saturated heterocycles. The number of hydrogen-bond acceptors (Lipinski definition) is 8. The van der Waals surface area contributed by atoms with Crippen LogP contribution in [-0.4, -0.2) is 60.8 Å². The van der Waals surface area contributed by atoms with Crippen molar-refractivity contribution in [2.45, 2.75) is 44.7 Å². The smallest absolute Gasteiger partial charge is 0.410 e. The number of para-hydroxylation sites is 1. The number of hydrogen-bond donors (Lipinski definition) is 1. The Bertz CT molecular complexity index is 1640. The van der Waals surface area contributed by atoms with Gasteiger partial charge in [-0.25, -0.2) is 18.2 Å². The minimum Gasteiger partial charge on any atom is -0.450 e. The molecule has 1 aliphatic heterocycles. The summed E-state index contributed by atoms with van der Waals surface area (Å²) in [6, 6.07) is 13.6. The fourth-order valence-corrected chi connectivity index (χ4v) is 8.20. The Hall–Kier alpha value is -3.32. The molecule has 2 amide bonds. The highest BCUT2D eigenvalue weighted by Gasteiger charge is 2.30. The van der Waals surface area contributed by atoms with E-state index in [1.807, 2.05) is 24.3 Å². The zero-order valence-electron chi connectivity index (χ0n) is 22.6. The number of carbonyl (C=O) groups excluding carboxylic acids is 2. The molecule has 0 fully saturated rings. The van der Waals surface area contributed by atoms with Crippen LogP contribution in [0, 0.1) is 0 Å². The van der Waals surface area contributed by atoms with Crippen molar-refractivity contribution in [2.75, 3.05) is 25.5 Å². The fraction of sp³-hybridized carbons (Fsp3) is 0.321. The number of rotatable bonds is 7. The molecule has 2 aromatic heterocycles. The van der Waals surface area contributed by atoms with Gasteiger partial charge in [-0.05, 0) is 69.2 Å². The molecule has 0 saturated carbocycles. The minimum absolute atomic E-state index is 0.126. The molecule has 0 unspecified atom stereocenters. The standard InChI is InChI=1S/C28H30N4O5S3/c1-5-37-28(34)32-15-14-20-23(16-32)39-27(24(20)26-29-21-8-6-7-9-22(21)38-26)30-25(33)18-10-12-19(13-11-18)40(35,36)31(4)17(2)3/h6-13,17H,5,14-16H2,1-4H3,(H,30,33). The van der Waals surface area contributed by atoms with E-state index in [-0.39, 0.29) is 22.9 Å². The lowest BCUT2D eigenvalue weighted by atomic mass is 10.0. The SMILES string of the molecule is CCOC(=O)N1CCc2c(sc(NC(=O)c3ccc(S(=O)(=O)N(C)C(C)C)cc3)c2-c2nc3ccccc3s2)C1. The number of fused-ring (bicyclic) bond motifs is 2. The Morgan fingerprint density at radius 2 is 1.85 bits per heavy atom. The first-order chi connectivity index (χ1) is 19.1. The number of thiophene rings is 1. The van der Waals surface area contributed by atoms with Gasteiger partial charge in [0.1, 0.15) is 10.0 Å². The van der Waals surface area contributed by atoms with E-state index < -0.39 is 10.0 Å². The van der Waals surface area contributed by atoms with E-state index in [4.69, 9.17) is 9.72 Å². The molecule has 0 radical (unpaired) electrons. The van der Waals surface area contributed by atoms with Crippen molar-refractivity contribution in [1.29, 1.82) is 0 Å². The lowest BCUT2D eigenvalue weighted by molar-refractivity contribution is 0.102. The van der Waals surface area contributed by atoms with Gasteiger partial charge in [0.05, 0.1) is 28.3 Å². The quantitative estimate of drug-likeness (QED) is 0.287. The molecule has 5 rings (SSSR count). The van der Waals surface area contributed by atoms with Crippen molar-refractivity contribution in [3.63, 3.8) is 0 Å². The molecule has 0 spiro atoms. The molecule has 0 atom stereocenters. The third kappa shape index (κ3) is 5.36. The Morgan fingerprint density at radius 1 is 1.12 bits per heavy atom. The highest BCUT2D eigenvalue weighted by atomic mass is 32.2. The summed E-state index contributed by atoms with van der Waals surface area (Å²) in [4.78, 5) is 33.4. The lowest BCUT2D eigenvalue weighted by Gasteiger charge is -2.26. The summed E-state index contributed by atoms with van der Waals surface area (Å²) in [5.74, 6) is -0.357. The maximum absolute atomic E-state index is 13.4. The van der Waals surface area contributed by atoms with Crippen molar-refractivity contribution >= 4 is 59.9 Å². The lowest BCUT2D eigenvalue weighted by Crippen LogP contribution is -2.35. The van der Waals surface area contributed by atoms with Gasteiger partial charge in [-0.3, -0.25) is 4.79 Å². The highest BCUT2D eigenvalue weighted by Crippen LogP contribution is 2.46. The van der Waals surface area contributed by atoms with Crippen LogP contribution in [0.25, 0.3) is 20.8 Å². The zero-order chi connectivity index (χ0) is 28.6. The van der Waals surface area contributed by atoms with E-state index in [2.05, 4.69) is 5.32 Å². The summed E-state index contributed by atoms with van der Waals surface area (Å²) in [5, 5.41) is 4.50. The summed E-state index contributed by atoms with van der Waals surface area (Å²) < 4.78 is 33.2. The van der Waals surface area contributed by atoms with Gasteiger partial charge in [-0.1, -0.05) is 12.1 Å². The molecular weight excluding hydrogens is 569 g/mol.